The van der Waals surface area contributed by atoms with Gasteiger partial charge < -0.3 is 24.6 Å². The number of hydrogen-bond acceptors (Lipinski definition) is 5. The number of urea groups is 1. The Morgan fingerprint density at radius 2 is 1.69 bits per heavy atom. The van der Waals surface area contributed by atoms with E-state index < -0.39 is 0 Å². The third-order valence-corrected chi connectivity index (χ3v) is 7.04. The van der Waals surface area contributed by atoms with Crippen LogP contribution in [0.1, 0.15) is 28.8 Å². The van der Waals surface area contributed by atoms with Crippen molar-refractivity contribution in [2.24, 2.45) is 0 Å². The van der Waals surface area contributed by atoms with Crippen LogP contribution in [0.5, 0.6) is 11.5 Å². The van der Waals surface area contributed by atoms with E-state index in [1.165, 1.54) is 5.56 Å². The lowest BCUT2D eigenvalue weighted by atomic mass is 10.2. The first-order valence-corrected chi connectivity index (χ1v) is 12.5. The summed E-state index contributed by atoms with van der Waals surface area (Å²) in [5.41, 5.74) is 2.78. The second-order valence-corrected chi connectivity index (χ2v) is 9.65. The molecule has 4 rings (SSSR count). The molecule has 3 aromatic rings. The molecule has 0 unspecified atom stereocenters. The number of hydrogen-bond donors (Lipinski definition) is 1. The Kier molecular flexibility index (Phi) is 7.92. The fourth-order valence-electron chi connectivity index (χ4n) is 3.85. The molecule has 35 heavy (non-hydrogen) atoms. The Morgan fingerprint density at radius 1 is 1.00 bits per heavy atom. The molecule has 0 bridgehead atoms. The molecule has 7 nitrogen and oxygen atoms in total. The van der Waals surface area contributed by atoms with Gasteiger partial charge in [-0.2, -0.15) is 0 Å². The Balaban J connectivity index is 1.50. The molecule has 0 aliphatic heterocycles. The molecule has 2 aromatic carbocycles. The van der Waals surface area contributed by atoms with Crippen LogP contribution in [-0.4, -0.2) is 48.5 Å². The Hall–Kier alpha value is -3.52. The van der Waals surface area contributed by atoms with Crippen LogP contribution in [0.2, 0.25) is 0 Å². The molecule has 1 aromatic heterocycles. The van der Waals surface area contributed by atoms with Crippen LogP contribution >= 0.6 is 11.3 Å². The van der Waals surface area contributed by atoms with Gasteiger partial charge in [-0.05, 0) is 42.3 Å². The summed E-state index contributed by atoms with van der Waals surface area (Å²) in [4.78, 5) is 31.4. The van der Waals surface area contributed by atoms with Gasteiger partial charge >= 0.3 is 6.03 Å². The van der Waals surface area contributed by atoms with E-state index in [1.807, 2.05) is 40.6 Å². The van der Waals surface area contributed by atoms with Crippen LogP contribution in [0.15, 0.2) is 60.0 Å². The molecule has 8 heteroatoms. The lowest BCUT2D eigenvalue weighted by molar-refractivity contribution is -0.133. The van der Waals surface area contributed by atoms with Crippen LogP contribution in [0.4, 0.5) is 10.5 Å². The molecule has 1 saturated carbocycles. The molecule has 0 saturated heterocycles. The summed E-state index contributed by atoms with van der Waals surface area (Å²) in [6, 6.07) is 17.0. The van der Waals surface area contributed by atoms with Crippen molar-refractivity contribution in [1.29, 1.82) is 0 Å². The second-order valence-electron chi connectivity index (χ2n) is 8.65. The van der Waals surface area contributed by atoms with Crippen molar-refractivity contribution in [3.05, 3.63) is 76.0 Å². The summed E-state index contributed by atoms with van der Waals surface area (Å²) < 4.78 is 10.6. The van der Waals surface area contributed by atoms with Gasteiger partial charge in [-0.15, -0.1) is 11.3 Å². The van der Waals surface area contributed by atoms with Crippen LogP contribution in [0.25, 0.3) is 0 Å². The molecule has 1 aliphatic carbocycles. The van der Waals surface area contributed by atoms with Crippen molar-refractivity contribution >= 4 is 29.0 Å². The number of aryl methyl sites for hydroxylation is 1. The van der Waals surface area contributed by atoms with E-state index in [0.29, 0.717) is 30.3 Å². The summed E-state index contributed by atoms with van der Waals surface area (Å²) >= 11 is 1.65. The van der Waals surface area contributed by atoms with Crippen molar-refractivity contribution in [2.45, 2.75) is 38.9 Å². The molecule has 3 amide bonds. The zero-order chi connectivity index (χ0) is 24.8. The number of thiophene rings is 1. The summed E-state index contributed by atoms with van der Waals surface area (Å²) in [6.45, 7) is 3.09. The van der Waals surface area contributed by atoms with Gasteiger partial charge in [0, 0.05) is 41.4 Å². The van der Waals surface area contributed by atoms with Gasteiger partial charge in [-0.3, -0.25) is 4.79 Å². The van der Waals surface area contributed by atoms with Crippen molar-refractivity contribution in [3.63, 3.8) is 0 Å². The quantitative estimate of drug-likeness (QED) is 0.416. The fraction of sp³-hybridized carbons (Fsp3) is 0.333. The summed E-state index contributed by atoms with van der Waals surface area (Å²) in [7, 11) is 3.12. The first kappa shape index (κ1) is 24.6. The van der Waals surface area contributed by atoms with Gasteiger partial charge in [-0.1, -0.05) is 30.3 Å². The molecule has 1 N–H and O–H groups in total. The second kappa shape index (κ2) is 11.3. The highest BCUT2D eigenvalue weighted by Crippen LogP contribution is 2.30. The lowest BCUT2D eigenvalue weighted by Gasteiger charge is -2.28. The fourth-order valence-corrected chi connectivity index (χ4v) is 4.77. The molecule has 1 fully saturated rings. The summed E-state index contributed by atoms with van der Waals surface area (Å²) in [6.07, 6.45) is 1.79. The highest BCUT2D eigenvalue weighted by Gasteiger charge is 2.35. The Morgan fingerprint density at radius 3 is 2.26 bits per heavy atom. The lowest BCUT2D eigenvalue weighted by Crippen LogP contribution is -2.45. The minimum Gasteiger partial charge on any atom is -0.497 e. The van der Waals surface area contributed by atoms with Gasteiger partial charge in [0.2, 0.25) is 5.91 Å². The number of amides is 3. The van der Waals surface area contributed by atoms with Crippen molar-refractivity contribution < 1.29 is 19.1 Å². The average Bonchev–Trinajstić information content (AvgIpc) is 3.63. The zero-order valence-corrected chi connectivity index (χ0v) is 21.1. The largest absolute Gasteiger partial charge is 0.497 e. The normalized spacial score (nSPS) is 12.7. The highest BCUT2D eigenvalue weighted by atomic mass is 32.1. The van der Waals surface area contributed by atoms with E-state index in [1.54, 1.807) is 48.7 Å². The first-order chi connectivity index (χ1) is 17.0. The summed E-state index contributed by atoms with van der Waals surface area (Å²) in [5, 5.41) is 4.96. The predicted molar refractivity (Wildman–Crippen MR) is 138 cm³/mol. The molecule has 184 valence electrons. The number of carbonyl (C=O) groups is 2. The number of carbonyl (C=O) groups excluding carboxylic acids is 2. The topological polar surface area (TPSA) is 71.1 Å². The number of methoxy groups -OCH3 is 2. The number of rotatable bonds is 10. The van der Waals surface area contributed by atoms with Crippen molar-refractivity contribution in [1.82, 2.24) is 9.80 Å². The van der Waals surface area contributed by atoms with Crippen LogP contribution in [-0.2, 0) is 17.9 Å². The smallest absolute Gasteiger partial charge is 0.322 e. The van der Waals surface area contributed by atoms with E-state index >= 15 is 0 Å². The van der Waals surface area contributed by atoms with Crippen LogP contribution in [0.3, 0.4) is 0 Å². The van der Waals surface area contributed by atoms with E-state index in [-0.39, 0.29) is 24.5 Å². The predicted octanol–water partition coefficient (Wildman–Crippen LogP) is 5.30. The van der Waals surface area contributed by atoms with Gasteiger partial charge in [0.25, 0.3) is 0 Å². The summed E-state index contributed by atoms with van der Waals surface area (Å²) in [5.74, 6) is 1.08. The molecule has 1 heterocycles. The molecular weight excluding hydrogens is 462 g/mol. The molecule has 0 atom stereocenters. The molecule has 1 aliphatic rings. The SMILES string of the molecule is COc1cc(NC(=O)N(CC(=O)N(Cc2ccccc2)Cc2sccc2C)C2CC2)cc(OC)c1. The third kappa shape index (κ3) is 6.54. The first-order valence-electron chi connectivity index (χ1n) is 11.6. The Labute approximate surface area is 210 Å². The van der Waals surface area contributed by atoms with Crippen LogP contribution in [0, 0.1) is 6.92 Å². The molecular formula is C27H31N3O4S. The zero-order valence-electron chi connectivity index (χ0n) is 20.3. The van der Waals surface area contributed by atoms with Gasteiger partial charge in [0.15, 0.2) is 0 Å². The van der Waals surface area contributed by atoms with Gasteiger partial charge in [0.05, 0.1) is 20.8 Å². The number of nitrogens with one attached hydrogen (secondary N) is 1. The van der Waals surface area contributed by atoms with Gasteiger partial charge in [0.1, 0.15) is 18.0 Å². The van der Waals surface area contributed by atoms with Crippen LogP contribution < -0.4 is 14.8 Å². The minimum absolute atomic E-state index is 0.0227. The molecule has 0 radical (unpaired) electrons. The van der Waals surface area contributed by atoms with Crippen molar-refractivity contribution in [3.8, 4) is 11.5 Å². The minimum atomic E-state index is -0.303. The van der Waals surface area contributed by atoms with Crippen molar-refractivity contribution in [2.75, 3.05) is 26.1 Å². The average molecular weight is 494 g/mol. The van der Waals surface area contributed by atoms with E-state index in [9.17, 15) is 9.59 Å². The maximum Gasteiger partial charge on any atom is 0.322 e. The monoisotopic (exact) mass is 493 g/mol. The Bertz CT molecular complexity index is 1140. The third-order valence-electron chi connectivity index (χ3n) is 6.03. The van der Waals surface area contributed by atoms with Gasteiger partial charge in [-0.25, -0.2) is 4.79 Å². The number of nitrogens with zero attached hydrogens (tertiary/aromatic N) is 2. The van der Waals surface area contributed by atoms with E-state index in [0.717, 1.165) is 23.3 Å². The number of anilines is 1. The number of benzene rings is 2. The van der Waals surface area contributed by atoms with E-state index in [2.05, 4.69) is 18.3 Å². The maximum absolute atomic E-state index is 13.6. The maximum atomic E-state index is 13.6. The van der Waals surface area contributed by atoms with E-state index in [4.69, 9.17) is 9.47 Å². The number of ether oxygens (including phenoxy) is 2. The molecule has 0 spiro atoms. The highest BCUT2D eigenvalue weighted by molar-refractivity contribution is 7.10. The standard InChI is InChI=1S/C27H31N3O4S/c1-19-11-12-35-25(19)17-29(16-20-7-5-4-6-8-20)26(31)18-30(22-9-10-22)27(32)28-21-13-23(33-2)15-24(14-21)34-3/h4-8,11-15,22H,9-10,16-18H2,1-3H3,(H,28,32).